The summed E-state index contributed by atoms with van der Waals surface area (Å²) in [5, 5.41) is 9.55. The van der Waals surface area contributed by atoms with Crippen LogP contribution in [-0.2, 0) is 0 Å². The van der Waals surface area contributed by atoms with Crippen LogP contribution in [0.15, 0.2) is 48.7 Å². The van der Waals surface area contributed by atoms with E-state index in [9.17, 15) is 5.11 Å². The highest BCUT2D eigenvalue weighted by atomic mass is 16.3. The first-order valence-electron chi connectivity index (χ1n) is 5.21. The van der Waals surface area contributed by atoms with E-state index in [1.165, 1.54) is 0 Å². The molecule has 1 heterocycles. The first-order valence-corrected chi connectivity index (χ1v) is 5.21. The molecule has 2 aromatic rings. The van der Waals surface area contributed by atoms with Gasteiger partial charge in [0.1, 0.15) is 0 Å². The Hall–Kier alpha value is -1.71. The van der Waals surface area contributed by atoms with Crippen LogP contribution in [0.25, 0.3) is 11.3 Å². The minimum absolute atomic E-state index is 0.239. The predicted octanol–water partition coefficient (Wildman–Crippen LogP) is 1.74. The average molecular weight is 214 g/mol. The van der Waals surface area contributed by atoms with Gasteiger partial charge >= 0.3 is 0 Å². The first kappa shape index (κ1) is 10.8. The van der Waals surface area contributed by atoms with Crippen molar-refractivity contribution in [2.45, 2.75) is 6.10 Å². The molecule has 2 rings (SSSR count). The van der Waals surface area contributed by atoms with Crippen molar-refractivity contribution in [2.24, 2.45) is 5.73 Å². The van der Waals surface area contributed by atoms with E-state index in [-0.39, 0.29) is 6.54 Å². The molecule has 82 valence electrons. The number of pyridine rings is 1. The Morgan fingerprint density at radius 3 is 2.44 bits per heavy atom. The van der Waals surface area contributed by atoms with Gasteiger partial charge in [-0.2, -0.15) is 0 Å². The number of aliphatic hydroxyl groups excluding tert-OH is 1. The summed E-state index contributed by atoms with van der Waals surface area (Å²) < 4.78 is 0. The molecular formula is C13H14N2O. The third-order valence-electron chi connectivity index (χ3n) is 2.48. The summed E-state index contributed by atoms with van der Waals surface area (Å²) in [4.78, 5) is 4.26. The van der Waals surface area contributed by atoms with Crippen LogP contribution in [0.2, 0.25) is 0 Å². The second-order valence-corrected chi connectivity index (χ2v) is 3.59. The molecular weight excluding hydrogens is 200 g/mol. The van der Waals surface area contributed by atoms with Crippen molar-refractivity contribution in [1.82, 2.24) is 4.98 Å². The van der Waals surface area contributed by atoms with Gasteiger partial charge in [0.15, 0.2) is 0 Å². The van der Waals surface area contributed by atoms with E-state index < -0.39 is 6.10 Å². The molecule has 1 unspecified atom stereocenters. The molecule has 1 atom stereocenters. The lowest BCUT2D eigenvalue weighted by molar-refractivity contribution is 0.187. The maximum Gasteiger partial charge on any atom is 0.0912 e. The van der Waals surface area contributed by atoms with Gasteiger partial charge in [-0.05, 0) is 17.7 Å². The van der Waals surface area contributed by atoms with Crippen molar-refractivity contribution in [1.29, 1.82) is 0 Å². The van der Waals surface area contributed by atoms with E-state index in [1.54, 1.807) is 6.20 Å². The lowest BCUT2D eigenvalue weighted by Gasteiger charge is -2.08. The highest BCUT2D eigenvalue weighted by molar-refractivity contribution is 5.59. The number of aliphatic hydroxyl groups is 1. The molecule has 0 aliphatic heterocycles. The van der Waals surface area contributed by atoms with Gasteiger partial charge in [0.2, 0.25) is 0 Å². The van der Waals surface area contributed by atoms with Crippen LogP contribution in [-0.4, -0.2) is 16.6 Å². The molecule has 0 fully saturated rings. The summed E-state index contributed by atoms with van der Waals surface area (Å²) >= 11 is 0. The molecule has 0 radical (unpaired) electrons. The number of hydrogen-bond donors (Lipinski definition) is 2. The van der Waals surface area contributed by atoms with Crippen LogP contribution in [0.3, 0.4) is 0 Å². The van der Waals surface area contributed by atoms with Crippen molar-refractivity contribution in [2.75, 3.05) is 6.54 Å². The fraction of sp³-hybridized carbons (Fsp3) is 0.154. The summed E-state index contributed by atoms with van der Waals surface area (Å²) in [7, 11) is 0. The topological polar surface area (TPSA) is 59.1 Å². The monoisotopic (exact) mass is 214 g/mol. The number of rotatable bonds is 3. The number of nitrogens with zero attached hydrogens (tertiary/aromatic N) is 1. The molecule has 3 heteroatoms. The zero-order valence-corrected chi connectivity index (χ0v) is 8.88. The largest absolute Gasteiger partial charge is 0.387 e. The molecule has 1 aromatic heterocycles. The summed E-state index contributed by atoms with van der Waals surface area (Å²) in [5.41, 5.74) is 8.19. The Kier molecular flexibility index (Phi) is 3.29. The average Bonchev–Trinajstić information content (AvgIpc) is 2.39. The Morgan fingerprint density at radius 2 is 1.88 bits per heavy atom. The molecule has 0 saturated heterocycles. The van der Waals surface area contributed by atoms with Gasteiger partial charge in [-0.3, -0.25) is 4.98 Å². The van der Waals surface area contributed by atoms with Crippen LogP contribution in [0.4, 0.5) is 0 Å². The summed E-state index contributed by atoms with van der Waals surface area (Å²) in [5.74, 6) is 0. The molecule has 0 saturated carbocycles. The third kappa shape index (κ3) is 2.27. The zero-order valence-electron chi connectivity index (χ0n) is 8.88. The zero-order chi connectivity index (χ0) is 11.4. The Morgan fingerprint density at radius 1 is 1.12 bits per heavy atom. The van der Waals surface area contributed by atoms with Gasteiger partial charge in [-0.1, -0.05) is 30.3 Å². The van der Waals surface area contributed by atoms with Crippen molar-refractivity contribution in [3.63, 3.8) is 0 Å². The lowest BCUT2D eigenvalue weighted by atomic mass is 10.1. The lowest BCUT2D eigenvalue weighted by Crippen LogP contribution is -2.11. The fourth-order valence-corrected chi connectivity index (χ4v) is 1.55. The van der Waals surface area contributed by atoms with E-state index in [1.807, 2.05) is 42.5 Å². The van der Waals surface area contributed by atoms with Crippen molar-refractivity contribution >= 4 is 0 Å². The summed E-state index contributed by atoms with van der Waals surface area (Å²) in [6.45, 7) is 0.239. The normalized spacial score (nSPS) is 12.4. The summed E-state index contributed by atoms with van der Waals surface area (Å²) in [6, 6.07) is 13.4. The third-order valence-corrected chi connectivity index (χ3v) is 2.48. The standard InChI is InChI=1S/C13H14N2O/c14-9-13(16)11-6-4-10(5-7-11)12-3-1-2-8-15-12/h1-8,13,16H,9,14H2. The maximum atomic E-state index is 9.55. The van der Waals surface area contributed by atoms with Crippen LogP contribution < -0.4 is 5.73 Å². The molecule has 16 heavy (non-hydrogen) atoms. The van der Waals surface area contributed by atoms with Crippen LogP contribution >= 0.6 is 0 Å². The van der Waals surface area contributed by atoms with E-state index >= 15 is 0 Å². The molecule has 3 N–H and O–H groups in total. The number of benzene rings is 1. The number of nitrogens with two attached hydrogens (primary N) is 1. The van der Waals surface area contributed by atoms with Crippen LogP contribution in [0, 0.1) is 0 Å². The predicted molar refractivity (Wildman–Crippen MR) is 63.7 cm³/mol. The van der Waals surface area contributed by atoms with E-state index in [4.69, 9.17) is 5.73 Å². The highest BCUT2D eigenvalue weighted by Crippen LogP contribution is 2.19. The van der Waals surface area contributed by atoms with Gasteiger partial charge in [0, 0.05) is 18.3 Å². The molecule has 0 amide bonds. The second kappa shape index (κ2) is 4.88. The molecule has 0 aliphatic rings. The first-order chi connectivity index (χ1) is 7.81. The molecule has 1 aromatic carbocycles. The summed E-state index contributed by atoms with van der Waals surface area (Å²) in [6.07, 6.45) is 1.18. The smallest absolute Gasteiger partial charge is 0.0912 e. The molecule has 0 aliphatic carbocycles. The molecule has 0 spiro atoms. The van der Waals surface area contributed by atoms with E-state index in [0.717, 1.165) is 16.8 Å². The SMILES string of the molecule is NCC(O)c1ccc(-c2ccccn2)cc1. The van der Waals surface area contributed by atoms with Gasteiger partial charge in [0.05, 0.1) is 11.8 Å². The van der Waals surface area contributed by atoms with Crippen molar-refractivity contribution in [3.8, 4) is 11.3 Å². The van der Waals surface area contributed by atoms with Crippen molar-refractivity contribution in [3.05, 3.63) is 54.2 Å². The minimum atomic E-state index is -0.585. The Balaban J connectivity index is 2.26. The highest BCUT2D eigenvalue weighted by Gasteiger charge is 2.05. The van der Waals surface area contributed by atoms with Crippen LogP contribution in [0.5, 0.6) is 0 Å². The van der Waals surface area contributed by atoms with Crippen molar-refractivity contribution < 1.29 is 5.11 Å². The van der Waals surface area contributed by atoms with E-state index in [0.29, 0.717) is 0 Å². The Bertz CT molecular complexity index is 439. The quantitative estimate of drug-likeness (QED) is 0.818. The van der Waals surface area contributed by atoms with E-state index in [2.05, 4.69) is 4.98 Å². The Labute approximate surface area is 94.6 Å². The minimum Gasteiger partial charge on any atom is -0.387 e. The van der Waals surface area contributed by atoms with Gasteiger partial charge in [0.25, 0.3) is 0 Å². The van der Waals surface area contributed by atoms with Gasteiger partial charge < -0.3 is 10.8 Å². The number of hydrogen-bond acceptors (Lipinski definition) is 3. The van der Waals surface area contributed by atoms with Gasteiger partial charge in [-0.25, -0.2) is 0 Å². The molecule has 0 bridgehead atoms. The molecule has 3 nitrogen and oxygen atoms in total. The number of aromatic nitrogens is 1. The fourth-order valence-electron chi connectivity index (χ4n) is 1.55. The second-order valence-electron chi connectivity index (χ2n) is 3.59. The maximum absolute atomic E-state index is 9.55. The van der Waals surface area contributed by atoms with Gasteiger partial charge in [-0.15, -0.1) is 0 Å². The van der Waals surface area contributed by atoms with Crippen LogP contribution in [0.1, 0.15) is 11.7 Å².